The number of rotatable bonds is 0. The topological polar surface area (TPSA) is 93.2 Å². The van der Waals surface area contributed by atoms with E-state index in [0.29, 0.717) is 30.6 Å². The maximum atomic E-state index is 13.1. The van der Waals surface area contributed by atoms with E-state index in [1.165, 1.54) is 0 Å². The molecule has 0 aromatic rings. The van der Waals surface area contributed by atoms with Gasteiger partial charge < -0.3 is 9.47 Å². The van der Waals surface area contributed by atoms with Crippen LogP contribution in [0.3, 0.4) is 0 Å². The first-order chi connectivity index (χ1) is 11.8. The Labute approximate surface area is 153 Å². The summed E-state index contributed by atoms with van der Waals surface area (Å²) in [6.07, 6.45) is 0.915. The number of nitrogens with zero attached hydrogens (tertiary/aromatic N) is 2. The third kappa shape index (κ3) is 3.83. The van der Waals surface area contributed by atoms with Crippen molar-refractivity contribution in [2.45, 2.75) is 90.4 Å². The van der Waals surface area contributed by atoms with E-state index in [9.17, 15) is 19.2 Å². The number of hydrogen-bond donors (Lipinski definition) is 0. The van der Waals surface area contributed by atoms with Gasteiger partial charge in [0.2, 0.25) is 0 Å². The molecule has 1 heterocycles. The highest BCUT2D eigenvalue weighted by atomic mass is 16.6. The molecule has 1 aliphatic heterocycles. The third-order valence-corrected chi connectivity index (χ3v) is 4.24. The smallest absolute Gasteiger partial charge is 0.425 e. The van der Waals surface area contributed by atoms with Gasteiger partial charge in [-0.3, -0.25) is 4.79 Å². The molecule has 0 unspecified atom stereocenters. The van der Waals surface area contributed by atoms with Gasteiger partial charge in [-0.15, -0.1) is 0 Å². The largest absolute Gasteiger partial charge is 0.443 e. The Kier molecular flexibility index (Phi) is 5.09. The number of imide groups is 4. The molecule has 2 aliphatic rings. The molecule has 0 N–H and O–H groups in total. The number of ether oxygens (including phenoxy) is 2. The minimum Gasteiger partial charge on any atom is -0.443 e. The zero-order valence-corrected chi connectivity index (χ0v) is 16.4. The maximum Gasteiger partial charge on any atom is 0.425 e. The summed E-state index contributed by atoms with van der Waals surface area (Å²) in [7, 11) is 0. The van der Waals surface area contributed by atoms with E-state index >= 15 is 0 Å². The lowest BCUT2D eigenvalue weighted by Gasteiger charge is -2.37. The fourth-order valence-electron chi connectivity index (χ4n) is 3.28. The van der Waals surface area contributed by atoms with Crippen LogP contribution in [-0.4, -0.2) is 50.7 Å². The molecule has 5 amide bonds. The molecule has 8 heteroatoms. The Bertz CT molecular complexity index is 623. The van der Waals surface area contributed by atoms with E-state index < -0.39 is 40.9 Å². The second kappa shape index (κ2) is 6.55. The summed E-state index contributed by atoms with van der Waals surface area (Å²) in [6.45, 7) is 9.93. The Morgan fingerprint density at radius 3 is 1.77 bits per heavy atom. The van der Waals surface area contributed by atoms with Crippen LogP contribution < -0.4 is 0 Å². The minimum atomic E-state index is -1.37. The standard InChI is InChI=1S/C18H28N2O6/c1-16(2,3)25-14(23)19-12(21)18(10-8-7-9-11-18)20(13(19)22)15(24)26-17(4,5)6/h7-11H2,1-6H3. The van der Waals surface area contributed by atoms with Crippen molar-refractivity contribution < 1.29 is 28.7 Å². The SMILES string of the molecule is CC(C)(C)OC(=O)N1C(=O)N(C(=O)OC(C)(C)C)C2(CCCCC2)C1=O. The van der Waals surface area contributed by atoms with Crippen LogP contribution in [-0.2, 0) is 14.3 Å². The lowest BCUT2D eigenvalue weighted by Crippen LogP contribution is -2.54. The van der Waals surface area contributed by atoms with E-state index in [1.807, 2.05) is 0 Å². The van der Waals surface area contributed by atoms with Gasteiger partial charge in [-0.2, -0.15) is 4.90 Å². The second-order valence-electron chi connectivity index (χ2n) is 8.81. The van der Waals surface area contributed by atoms with Crippen LogP contribution in [0.5, 0.6) is 0 Å². The molecule has 1 aliphatic carbocycles. The number of amides is 5. The summed E-state index contributed by atoms with van der Waals surface area (Å²) in [5, 5.41) is 0. The highest BCUT2D eigenvalue weighted by molar-refractivity contribution is 6.20. The van der Waals surface area contributed by atoms with Crippen molar-refractivity contribution in [3.05, 3.63) is 0 Å². The van der Waals surface area contributed by atoms with Crippen molar-refractivity contribution in [1.82, 2.24) is 9.80 Å². The molecule has 146 valence electrons. The molecule has 2 fully saturated rings. The molecule has 0 atom stereocenters. The predicted molar refractivity (Wildman–Crippen MR) is 92.4 cm³/mol. The van der Waals surface area contributed by atoms with E-state index in [4.69, 9.17) is 9.47 Å². The summed E-state index contributed by atoms with van der Waals surface area (Å²) >= 11 is 0. The highest BCUT2D eigenvalue weighted by Crippen LogP contribution is 2.41. The first-order valence-electron chi connectivity index (χ1n) is 8.93. The minimum absolute atomic E-state index is 0.316. The Hall–Kier alpha value is -2.12. The van der Waals surface area contributed by atoms with Gasteiger partial charge in [0.25, 0.3) is 5.91 Å². The number of hydrogen-bond acceptors (Lipinski definition) is 6. The van der Waals surface area contributed by atoms with Crippen molar-refractivity contribution in [2.75, 3.05) is 0 Å². The summed E-state index contributed by atoms with van der Waals surface area (Å²) in [5.74, 6) is -0.706. The van der Waals surface area contributed by atoms with Crippen LogP contribution in [0.2, 0.25) is 0 Å². The summed E-state index contributed by atoms with van der Waals surface area (Å²) in [6, 6.07) is -1.000. The first-order valence-corrected chi connectivity index (χ1v) is 8.93. The molecule has 1 saturated heterocycles. The summed E-state index contributed by atoms with van der Waals surface area (Å²) in [4.78, 5) is 52.3. The predicted octanol–water partition coefficient (Wildman–Crippen LogP) is 3.82. The summed E-state index contributed by atoms with van der Waals surface area (Å²) in [5.41, 5.74) is -3.08. The van der Waals surface area contributed by atoms with Gasteiger partial charge in [0.05, 0.1) is 0 Å². The molecule has 1 spiro atoms. The van der Waals surface area contributed by atoms with Crippen molar-refractivity contribution in [2.24, 2.45) is 0 Å². The zero-order chi connectivity index (χ0) is 19.9. The van der Waals surface area contributed by atoms with Crippen molar-refractivity contribution >= 4 is 24.1 Å². The normalized spacial score (nSPS) is 20.5. The fraction of sp³-hybridized carbons (Fsp3) is 0.778. The molecular formula is C18H28N2O6. The van der Waals surface area contributed by atoms with Gasteiger partial charge in [-0.1, -0.05) is 19.3 Å². The van der Waals surface area contributed by atoms with Gasteiger partial charge in [0, 0.05) is 0 Å². The Balaban J connectivity index is 2.41. The van der Waals surface area contributed by atoms with E-state index in [0.717, 1.165) is 11.3 Å². The van der Waals surface area contributed by atoms with Crippen LogP contribution in [0.4, 0.5) is 14.4 Å². The van der Waals surface area contributed by atoms with Crippen LogP contribution in [0.1, 0.15) is 73.6 Å². The van der Waals surface area contributed by atoms with Gasteiger partial charge in [0.1, 0.15) is 16.7 Å². The van der Waals surface area contributed by atoms with Gasteiger partial charge in [-0.25, -0.2) is 19.3 Å². The molecule has 2 rings (SSSR count). The van der Waals surface area contributed by atoms with Crippen molar-refractivity contribution in [3.63, 3.8) is 0 Å². The molecule has 26 heavy (non-hydrogen) atoms. The monoisotopic (exact) mass is 368 g/mol. The molecular weight excluding hydrogens is 340 g/mol. The van der Waals surface area contributed by atoms with Crippen LogP contribution in [0, 0.1) is 0 Å². The van der Waals surface area contributed by atoms with Crippen molar-refractivity contribution in [3.8, 4) is 0 Å². The third-order valence-electron chi connectivity index (χ3n) is 4.24. The molecule has 0 aromatic carbocycles. The van der Waals surface area contributed by atoms with E-state index in [1.54, 1.807) is 41.5 Å². The molecule has 0 bridgehead atoms. The zero-order valence-electron chi connectivity index (χ0n) is 16.4. The van der Waals surface area contributed by atoms with Crippen LogP contribution >= 0.6 is 0 Å². The maximum absolute atomic E-state index is 13.1. The lowest BCUT2D eigenvalue weighted by molar-refractivity contribution is -0.134. The first kappa shape index (κ1) is 20.2. The second-order valence-corrected chi connectivity index (χ2v) is 8.81. The molecule has 0 aromatic heterocycles. The number of urea groups is 1. The number of carbonyl (C=O) groups is 4. The molecule has 8 nitrogen and oxygen atoms in total. The Morgan fingerprint density at radius 2 is 1.31 bits per heavy atom. The Morgan fingerprint density at radius 1 is 0.846 bits per heavy atom. The molecule has 1 saturated carbocycles. The average Bonchev–Trinajstić information content (AvgIpc) is 2.64. The average molecular weight is 368 g/mol. The van der Waals surface area contributed by atoms with Gasteiger partial charge in [0.15, 0.2) is 0 Å². The van der Waals surface area contributed by atoms with E-state index in [-0.39, 0.29) is 0 Å². The van der Waals surface area contributed by atoms with Gasteiger partial charge in [-0.05, 0) is 54.4 Å². The molecule has 0 radical (unpaired) electrons. The van der Waals surface area contributed by atoms with Gasteiger partial charge >= 0.3 is 18.2 Å². The fourth-order valence-corrected chi connectivity index (χ4v) is 3.28. The van der Waals surface area contributed by atoms with Crippen molar-refractivity contribution in [1.29, 1.82) is 0 Å². The van der Waals surface area contributed by atoms with E-state index in [2.05, 4.69) is 0 Å². The quantitative estimate of drug-likeness (QED) is 0.603. The summed E-state index contributed by atoms with van der Waals surface area (Å²) < 4.78 is 10.5. The lowest BCUT2D eigenvalue weighted by atomic mass is 9.80. The van der Waals surface area contributed by atoms with Crippen LogP contribution in [0.15, 0.2) is 0 Å². The van der Waals surface area contributed by atoms with Crippen LogP contribution in [0.25, 0.3) is 0 Å². The highest BCUT2D eigenvalue weighted by Gasteiger charge is 2.63. The number of carbonyl (C=O) groups excluding carboxylic acids is 4.